The molecule has 0 aromatic rings. The Morgan fingerprint density at radius 3 is 2.82 bits per heavy atom. The fourth-order valence-corrected chi connectivity index (χ4v) is 4.38. The minimum absolute atomic E-state index is 0.141. The first-order chi connectivity index (χ1) is 13.4. The van der Waals surface area contributed by atoms with Crippen molar-refractivity contribution in [3.63, 3.8) is 0 Å². The average Bonchev–Trinajstić information content (AvgIpc) is 3.07. The van der Waals surface area contributed by atoms with E-state index in [0.29, 0.717) is 12.2 Å². The predicted molar refractivity (Wildman–Crippen MR) is 111 cm³/mol. The predicted octanol–water partition coefficient (Wildman–Crippen LogP) is 3.86. The summed E-state index contributed by atoms with van der Waals surface area (Å²) >= 11 is 1.12. The fourth-order valence-electron chi connectivity index (χ4n) is 3.50. The first-order valence-corrected chi connectivity index (χ1v) is 10.8. The molecule has 2 aliphatic rings. The molecule has 2 aliphatic heterocycles. The van der Waals surface area contributed by atoms with Crippen molar-refractivity contribution in [3.8, 4) is 0 Å². The van der Waals surface area contributed by atoms with Crippen molar-refractivity contribution >= 4 is 23.0 Å². The number of nitrogens with one attached hydrogen (secondary N) is 1. The van der Waals surface area contributed by atoms with Gasteiger partial charge in [-0.15, -0.1) is 13.2 Å². The second-order valence-corrected chi connectivity index (χ2v) is 8.41. The Morgan fingerprint density at radius 2 is 2.18 bits per heavy atom. The molecule has 0 aliphatic carbocycles. The number of rotatable bonds is 10. The zero-order valence-electron chi connectivity index (χ0n) is 16.5. The number of unbranched alkanes of at least 4 members (excludes halogenated alkanes) is 1. The van der Waals surface area contributed by atoms with E-state index in [-0.39, 0.29) is 17.8 Å². The lowest BCUT2D eigenvalue weighted by molar-refractivity contribution is -0.283. The van der Waals surface area contributed by atoms with Crippen LogP contribution in [-0.2, 0) is 14.3 Å². The van der Waals surface area contributed by atoms with Crippen LogP contribution in [0.4, 0.5) is 4.79 Å². The quantitative estimate of drug-likeness (QED) is 0.247. The molecule has 1 amide bonds. The van der Waals surface area contributed by atoms with Gasteiger partial charge < -0.3 is 19.9 Å². The normalized spacial score (nSPS) is 30.6. The van der Waals surface area contributed by atoms with E-state index in [0.717, 1.165) is 49.4 Å². The Bertz CT molecular complexity index is 620. The Morgan fingerprint density at radius 1 is 1.43 bits per heavy atom. The van der Waals surface area contributed by atoms with Gasteiger partial charge in [0.25, 0.3) is 5.24 Å². The van der Waals surface area contributed by atoms with Gasteiger partial charge in [-0.2, -0.15) is 0 Å². The number of esters is 1. The van der Waals surface area contributed by atoms with Crippen molar-refractivity contribution in [2.75, 3.05) is 5.75 Å². The fraction of sp³-hybridized carbons (Fsp3) is 0.619. The van der Waals surface area contributed by atoms with Crippen LogP contribution < -0.4 is 5.32 Å². The number of ether oxygens (including phenoxy) is 2. The SMILES string of the molecule is C=CCCCC1CC(OC(=O)/C=C(/C)CCC=C)CC(O)(C2CSC(=O)N2)O1. The van der Waals surface area contributed by atoms with Crippen LogP contribution in [0.1, 0.15) is 51.9 Å². The number of carbonyl (C=O) groups excluding carboxylic acids is 2. The molecule has 2 rings (SSSR count). The molecule has 0 radical (unpaired) electrons. The van der Waals surface area contributed by atoms with Crippen molar-refractivity contribution in [1.29, 1.82) is 0 Å². The highest BCUT2D eigenvalue weighted by atomic mass is 32.2. The summed E-state index contributed by atoms with van der Waals surface area (Å²) in [5.74, 6) is -1.52. The van der Waals surface area contributed by atoms with E-state index in [1.54, 1.807) is 0 Å². The van der Waals surface area contributed by atoms with E-state index in [4.69, 9.17) is 9.47 Å². The summed E-state index contributed by atoms with van der Waals surface area (Å²) in [4.78, 5) is 23.9. The molecule has 156 valence electrons. The Labute approximate surface area is 171 Å². The average molecular weight is 410 g/mol. The minimum atomic E-state index is -1.54. The highest BCUT2D eigenvalue weighted by molar-refractivity contribution is 8.14. The molecule has 0 aromatic carbocycles. The molecule has 2 N–H and O–H groups in total. The van der Waals surface area contributed by atoms with Crippen LogP contribution in [0.5, 0.6) is 0 Å². The summed E-state index contributed by atoms with van der Waals surface area (Å²) in [5, 5.41) is 13.7. The zero-order valence-corrected chi connectivity index (χ0v) is 17.3. The lowest BCUT2D eigenvalue weighted by atomic mass is 9.91. The van der Waals surface area contributed by atoms with Gasteiger partial charge >= 0.3 is 5.97 Å². The summed E-state index contributed by atoms with van der Waals surface area (Å²) in [6, 6.07) is -0.515. The van der Waals surface area contributed by atoms with E-state index < -0.39 is 23.9 Å². The van der Waals surface area contributed by atoms with Crippen LogP contribution in [0.15, 0.2) is 37.0 Å². The molecule has 0 spiro atoms. The number of hydrogen-bond acceptors (Lipinski definition) is 6. The molecule has 28 heavy (non-hydrogen) atoms. The van der Waals surface area contributed by atoms with Crippen molar-refractivity contribution in [3.05, 3.63) is 37.0 Å². The number of amides is 1. The van der Waals surface area contributed by atoms with E-state index in [1.807, 2.05) is 19.1 Å². The monoisotopic (exact) mass is 409 g/mol. The van der Waals surface area contributed by atoms with Gasteiger partial charge in [0.1, 0.15) is 6.10 Å². The van der Waals surface area contributed by atoms with Crippen LogP contribution in [0.25, 0.3) is 0 Å². The standard InChI is InChI=1S/C21H31NO5S/c1-4-6-8-10-16-12-17(26-19(23)11-15(3)9-7-5-2)13-21(25,27-16)18-14-28-20(24)22-18/h4-5,11,16-18,25H,1-2,6-10,12-14H2,3H3,(H,22,24)/b15-11-. The second-order valence-electron chi connectivity index (χ2n) is 7.42. The molecule has 0 aromatic heterocycles. The molecule has 0 bridgehead atoms. The summed E-state index contributed by atoms with van der Waals surface area (Å²) in [5.41, 5.74) is 0.925. The van der Waals surface area contributed by atoms with Gasteiger partial charge in [0.15, 0.2) is 5.79 Å². The summed E-state index contributed by atoms with van der Waals surface area (Å²) in [6.07, 6.45) is 9.11. The second kappa shape index (κ2) is 10.8. The zero-order chi connectivity index (χ0) is 20.6. The smallest absolute Gasteiger partial charge is 0.330 e. The van der Waals surface area contributed by atoms with Gasteiger partial charge in [-0.3, -0.25) is 4.79 Å². The molecule has 6 nitrogen and oxygen atoms in total. The van der Waals surface area contributed by atoms with Gasteiger partial charge in [-0.25, -0.2) is 4.79 Å². The van der Waals surface area contributed by atoms with E-state index in [2.05, 4.69) is 18.5 Å². The Balaban J connectivity index is 2.04. The van der Waals surface area contributed by atoms with Gasteiger partial charge in [0, 0.05) is 24.7 Å². The van der Waals surface area contributed by atoms with E-state index in [9.17, 15) is 14.7 Å². The van der Waals surface area contributed by atoms with Crippen molar-refractivity contribution in [2.24, 2.45) is 0 Å². The third-order valence-electron chi connectivity index (χ3n) is 4.96. The van der Waals surface area contributed by atoms with Gasteiger partial charge in [-0.1, -0.05) is 29.5 Å². The molecule has 2 saturated heterocycles. The lowest BCUT2D eigenvalue weighted by Crippen LogP contribution is -2.58. The van der Waals surface area contributed by atoms with Gasteiger partial charge in [-0.05, 0) is 39.0 Å². The van der Waals surface area contributed by atoms with Gasteiger partial charge in [0.05, 0.1) is 12.1 Å². The first-order valence-electron chi connectivity index (χ1n) is 9.79. The third-order valence-corrected chi connectivity index (χ3v) is 5.84. The number of hydrogen-bond donors (Lipinski definition) is 2. The van der Waals surface area contributed by atoms with Crippen LogP contribution in [0.3, 0.4) is 0 Å². The first kappa shape index (κ1) is 22.7. The van der Waals surface area contributed by atoms with Gasteiger partial charge in [0.2, 0.25) is 0 Å². The largest absolute Gasteiger partial charge is 0.459 e. The molecule has 4 atom stereocenters. The van der Waals surface area contributed by atoms with Crippen LogP contribution in [-0.4, -0.2) is 46.1 Å². The molecule has 0 saturated carbocycles. The number of carbonyl (C=O) groups is 2. The van der Waals surface area contributed by atoms with E-state index >= 15 is 0 Å². The Hall–Kier alpha value is -1.57. The molecule has 4 unspecified atom stereocenters. The molecule has 7 heteroatoms. The minimum Gasteiger partial charge on any atom is -0.459 e. The summed E-state index contributed by atoms with van der Waals surface area (Å²) < 4.78 is 11.6. The maximum absolute atomic E-state index is 12.3. The number of allylic oxidation sites excluding steroid dienone is 3. The highest BCUT2D eigenvalue weighted by Crippen LogP contribution is 2.36. The highest BCUT2D eigenvalue weighted by Gasteiger charge is 2.49. The van der Waals surface area contributed by atoms with Crippen molar-refractivity contribution in [1.82, 2.24) is 5.32 Å². The Kier molecular flexibility index (Phi) is 8.79. The van der Waals surface area contributed by atoms with Crippen molar-refractivity contribution in [2.45, 2.75) is 75.9 Å². The molecule has 2 heterocycles. The number of aliphatic hydroxyl groups is 1. The summed E-state index contributed by atoms with van der Waals surface area (Å²) in [7, 11) is 0. The topological polar surface area (TPSA) is 84.9 Å². The molecule has 2 fully saturated rings. The molecular formula is C21H31NO5S. The van der Waals surface area contributed by atoms with Crippen LogP contribution in [0.2, 0.25) is 0 Å². The van der Waals surface area contributed by atoms with Crippen molar-refractivity contribution < 1.29 is 24.2 Å². The molecular weight excluding hydrogens is 378 g/mol. The maximum atomic E-state index is 12.3. The maximum Gasteiger partial charge on any atom is 0.330 e. The van der Waals surface area contributed by atoms with Crippen LogP contribution >= 0.6 is 11.8 Å². The lowest BCUT2D eigenvalue weighted by Gasteiger charge is -2.43. The summed E-state index contributed by atoms with van der Waals surface area (Å²) in [6.45, 7) is 9.29. The van der Waals surface area contributed by atoms with Crippen LogP contribution in [0, 0.1) is 0 Å². The number of thioether (sulfide) groups is 1. The third kappa shape index (κ3) is 6.79. The van der Waals surface area contributed by atoms with E-state index in [1.165, 1.54) is 6.08 Å².